The van der Waals surface area contributed by atoms with Crippen LogP contribution in [0.4, 0.5) is 0 Å². The van der Waals surface area contributed by atoms with Crippen LogP contribution in [0.3, 0.4) is 0 Å². The van der Waals surface area contributed by atoms with Gasteiger partial charge < -0.3 is 9.47 Å². The maximum Gasteiger partial charge on any atom is 0.122 e. The fourth-order valence-corrected chi connectivity index (χ4v) is 6.79. The summed E-state index contributed by atoms with van der Waals surface area (Å²) in [6.07, 6.45) is 5.94. The van der Waals surface area contributed by atoms with Gasteiger partial charge in [0.25, 0.3) is 0 Å². The summed E-state index contributed by atoms with van der Waals surface area (Å²) < 4.78 is 11.3. The Bertz CT molecular complexity index is 753. The van der Waals surface area contributed by atoms with E-state index in [1.807, 2.05) is 16.0 Å². The van der Waals surface area contributed by atoms with E-state index in [0.717, 1.165) is 31.4 Å². The number of allylic oxidation sites excluding steroid dienone is 3. The van der Waals surface area contributed by atoms with Crippen LogP contribution >= 0.6 is 30.1 Å². The van der Waals surface area contributed by atoms with Gasteiger partial charge in [-0.1, -0.05) is 33.6 Å². The third-order valence-corrected chi connectivity index (χ3v) is 8.54. The molecule has 142 valence electrons. The summed E-state index contributed by atoms with van der Waals surface area (Å²) in [4.78, 5) is 1.55. The summed E-state index contributed by atoms with van der Waals surface area (Å²) in [6, 6.07) is 6.40. The van der Waals surface area contributed by atoms with E-state index < -0.39 is 0 Å². The number of methoxy groups -OCH3 is 2. The van der Waals surface area contributed by atoms with Gasteiger partial charge in [-0.2, -0.15) is 0 Å². The van der Waals surface area contributed by atoms with E-state index in [2.05, 4.69) is 60.2 Å². The summed E-state index contributed by atoms with van der Waals surface area (Å²) >= 11 is 2.45. The van der Waals surface area contributed by atoms with Gasteiger partial charge in [-0.25, -0.2) is 0 Å². The van der Waals surface area contributed by atoms with Gasteiger partial charge in [-0.3, -0.25) is 0 Å². The third kappa shape index (κ3) is 3.74. The number of fused-ring (bicyclic) bond motifs is 1. The number of rotatable bonds is 6. The molecule has 2 nitrogen and oxygen atoms in total. The zero-order valence-corrected chi connectivity index (χ0v) is 19.4. The Kier molecular flexibility index (Phi) is 6.45. The molecule has 0 N–H and O–H groups in total. The minimum atomic E-state index is 0.270. The summed E-state index contributed by atoms with van der Waals surface area (Å²) in [5, 5.41) is 0. The Labute approximate surface area is 174 Å². The molecule has 1 saturated carbocycles. The first-order valence-corrected chi connectivity index (χ1v) is 12.7. The normalized spacial score (nSPS) is 25.7. The van der Waals surface area contributed by atoms with Gasteiger partial charge in [-0.05, 0) is 84.6 Å². The van der Waals surface area contributed by atoms with E-state index in [-0.39, 0.29) is 5.41 Å². The average molecular weight is 484 g/mol. The second-order valence-corrected chi connectivity index (χ2v) is 9.80. The largest absolute Gasteiger partial charge is 0.496 e. The lowest BCUT2D eigenvalue weighted by atomic mass is 9.72. The number of hydrogen-bond donors (Lipinski definition) is 0. The molecule has 2 aliphatic rings. The van der Waals surface area contributed by atoms with Crippen molar-refractivity contribution in [3.8, 4) is 5.75 Å². The van der Waals surface area contributed by atoms with Crippen LogP contribution in [0.5, 0.6) is 5.75 Å². The molecule has 0 bridgehead atoms. The van der Waals surface area contributed by atoms with Crippen molar-refractivity contribution in [2.75, 3.05) is 14.2 Å². The highest BCUT2D eigenvalue weighted by Gasteiger charge is 2.44. The first-order valence-electron chi connectivity index (χ1n) is 9.30. The maximum atomic E-state index is 5.76. The highest BCUT2D eigenvalue weighted by atomic mass is 127. The van der Waals surface area contributed by atoms with Crippen molar-refractivity contribution in [1.29, 1.82) is 0 Å². The van der Waals surface area contributed by atoms with Crippen LogP contribution < -0.4 is 4.74 Å². The van der Waals surface area contributed by atoms with Crippen LogP contribution in [0.2, 0.25) is 0 Å². The fraction of sp³-hybridized carbons (Fsp3) is 0.545. The molecule has 26 heavy (non-hydrogen) atoms. The monoisotopic (exact) mass is 484 g/mol. The highest BCUT2D eigenvalue weighted by molar-refractivity contribution is 14.2. The van der Waals surface area contributed by atoms with Gasteiger partial charge in [0.05, 0.1) is 13.2 Å². The van der Waals surface area contributed by atoms with Crippen LogP contribution in [0, 0.1) is 12.3 Å². The minimum Gasteiger partial charge on any atom is -0.496 e. The molecule has 0 aliphatic heterocycles. The number of halogens is 1. The van der Waals surface area contributed by atoms with Crippen molar-refractivity contribution < 1.29 is 9.47 Å². The number of ether oxygens (including phenoxy) is 2. The third-order valence-electron chi connectivity index (χ3n) is 6.31. The van der Waals surface area contributed by atoms with Crippen molar-refractivity contribution in [3.05, 3.63) is 51.0 Å². The molecule has 4 heteroatoms. The Hall–Kier alpha value is -0.460. The van der Waals surface area contributed by atoms with Crippen molar-refractivity contribution in [2.45, 2.75) is 59.0 Å². The second kappa shape index (κ2) is 8.27. The maximum absolute atomic E-state index is 5.76. The van der Waals surface area contributed by atoms with E-state index in [1.165, 1.54) is 23.1 Å². The molecule has 1 aromatic rings. The number of aryl methyl sites for hydroxylation is 1. The molecule has 2 atom stereocenters. The molecule has 0 spiro atoms. The zero-order valence-electron chi connectivity index (χ0n) is 16.4. The molecular weight excluding hydrogens is 455 g/mol. The lowest BCUT2D eigenvalue weighted by Crippen LogP contribution is -2.21. The molecule has 0 saturated heterocycles. The average Bonchev–Trinajstić information content (AvgIpc) is 2.98. The standard InChI is InChI=1S/C22H29IO2S/c1-14-16(7-6-8-20(14)25-5)9-10-18-15(2)21(26-23)13-22(3)12-17(24-4)11-19(18)22/h6-8,17H,9-13H2,1-5H3/t17-,22+/m0/s1. The van der Waals surface area contributed by atoms with Crippen LogP contribution in [0.15, 0.2) is 39.8 Å². The second-order valence-electron chi connectivity index (χ2n) is 7.83. The molecule has 0 heterocycles. The molecule has 2 aliphatic carbocycles. The van der Waals surface area contributed by atoms with Crippen molar-refractivity contribution in [1.82, 2.24) is 0 Å². The molecule has 1 fully saturated rings. The number of benzene rings is 1. The predicted molar refractivity (Wildman–Crippen MR) is 120 cm³/mol. The van der Waals surface area contributed by atoms with Crippen molar-refractivity contribution in [2.24, 2.45) is 5.41 Å². The summed E-state index contributed by atoms with van der Waals surface area (Å²) in [5.74, 6) is 0.990. The Morgan fingerprint density at radius 2 is 2.00 bits per heavy atom. The number of hydrogen-bond acceptors (Lipinski definition) is 3. The van der Waals surface area contributed by atoms with Crippen LogP contribution in [0.1, 0.15) is 50.7 Å². The van der Waals surface area contributed by atoms with Gasteiger partial charge >= 0.3 is 0 Å². The Morgan fingerprint density at radius 3 is 2.65 bits per heavy atom. The van der Waals surface area contributed by atoms with Crippen molar-refractivity contribution in [3.63, 3.8) is 0 Å². The van der Waals surface area contributed by atoms with E-state index in [4.69, 9.17) is 9.47 Å². The SMILES string of the molecule is COc1cccc(CCC2=C3C[C@H](OC)C[C@]3(C)CC(SI)=C2C)c1C. The first kappa shape index (κ1) is 20.3. The fourth-order valence-electron chi connectivity index (χ4n) is 4.72. The van der Waals surface area contributed by atoms with Crippen LogP contribution in [0.25, 0.3) is 0 Å². The minimum absolute atomic E-state index is 0.270. The summed E-state index contributed by atoms with van der Waals surface area (Å²) in [7, 11) is 5.51. The van der Waals surface area contributed by atoms with Gasteiger partial charge in [0.15, 0.2) is 0 Å². The highest BCUT2D eigenvalue weighted by Crippen LogP contribution is 2.56. The molecule has 0 unspecified atom stereocenters. The first-order chi connectivity index (χ1) is 12.4. The molecule has 3 rings (SSSR count). The summed E-state index contributed by atoms with van der Waals surface area (Å²) in [5.41, 5.74) is 7.67. The van der Waals surface area contributed by atoms with E-state index in [9.17, 15) is 0 Å². The smallest absolute Gasteiger partial charge is 0.122 e. The molecule has 1 aromatic carbocycles. The lowest BCUT2D eigenvalue weighted by molar-refractivity contribution is 0.0976. The molecular formula is C22H29IO2S. The molecule has 0 aromatic heterocycles. The van der Waals surface area contributed by atoms with Crippen LogP contribution in [-0.2, 0) is 11.2 Å². The van der Waals surface area contributed by atoms with Crippen molar-refractivity contribution >= 4 is 30.1 Å². The Morgan fingerprint density at radius 1 is 1.23 bits per heavy atom. The van der Waals surface area contributed by atoms with Gasteiger partial charge in [-0.15, -0.1) is 0 Å². The van der Waals surface area contributed by atoms with Gasteiger partial charge in [0.1, 0.15) is 5.75 Å². The topological polar surface area (TPSA) is 18.5 Å². The molecule has 0 radical (unpaired) electrons. The van der Waals surface area contributed by atoms with Gasteiger partial charge in [0, 0.05) is 28.3 Å². The van der Waals surface area contributed by atoms with E-state index >= 15 is 0 Å². The molecule has 0 amide bonds. The van der Waals surface area contributed by atoms with E-state index in [1.54, 1.807) is 23.2 Å². The summed E-state index contributed by atoms with van der Waals surface area (Å²) in [6.45, 7) is 6.93. The zero-order chi connectivity index (χ0) is 18.9. The van der Waals surface area contributed by atoms with Crippen LogP contribution in [-0.4, -0.2) is 20.3 Å². The Balaban J connectivity index is 1.93. The lowest BCUT2D eigenvalue weighted by Gasteiger charge is -2.35. The van der Waals surface area contributed by atoms with E-state index in [0.29, 0.717) is 6.10 Å². The predicted octanol–water partition coefficient (Wildman–Crippen LogP) is 6.81. The van der Waals surface area contributed by atoms with Gasteiger partial charge in [0.2, 0.25) is 0 Å². The quantitative estimate of drug-likeness (QED) is 0.414.